The van der Waals surface area contributed by atoms with Crippen LogP contribution in [0.2, 0.25) is 0 Å². The predicted octanol–water partition coefficient (Wildman–Crippen LogP) is 4.21. The lowest BCUT2D eigenvalue weighted by molar-refractivity contribution is 0.0671. The Morgan fingerprint density at radius 3 is 2.78 bits per heavy atom. The smallest absolute Gasteiger partial charge is 0.319 e. The Hall–Kier alpha value is -2.17. The minimum atomic E-state index is -2.63. The van der Waals surface area contributed by atoms with Crippen LogP contribution in [0.4, 0.5) is 8.78 Å². The number of nitrogens with zero attached hydrogens (tertiary/aromatic N) is 3. The fraction of sp³-hybridized carbons (Fsp3) is 0.333. The van der Waals surface area contributed by atoms with E-state index in [0.717, 1.165) is 26.9 Å². The number of benzene rings is 1. The van der Waals surface area contributed by atoms with Crippen molar-refractivity contribution in [3.63, 3.8) is 0 Å². The number of hydrogen-bond acceptors (Lipinski definition) is 3. The molecule has 3 rings (SSSR count). The standard InChI is InChI=1S/C18H21F2N5O.HI/c1-3-21-18(24-11-16-22-8-9-25(16)17(19)20)23-10-15-12(2)13-6-4-5-7-14(13)26-15;/h4-9,17H,3,10-11H2,1-2H3,(H2,21,23,24);1H. The molecule has 0 saturated carbocycles. The van der Waals surface area contributed by atoms with E-state index in [-0.39, 0.29) is 36.3 Å². The van der Waals surface area contributed by atoms with Crippen LogP contribution in [0.1, 0.15) is 30.6 Å². The molecular formula is C18H22F2IN5O. The Labute approximate surface area is 173 Å². The molecular weight excluding hydrogens is 467 g/mol. The van der Waals surface area contributed by atoms with E-state index in [0.29, 0.717) is 19.0 Å². The second kappa shape index (κ2) is 9.67. The summed E-state index contributed by atoms with van der Waals surface area (Å²) in [5, 5.41) is 7.33. The van der Waals surface area contributed by atoms with Gasteiger partial charge >= 0.3 is 6.55 Å². The number of halogens is 3. The average Bonchev–Trinajstić information content (AvgIpc) is 3.23. The van der Waals surface area contributed by atoms with Gasteiger partial charge in [0.05, 0.1) is 6.54 Å². The highest BCUT2D eigenvalue weighted by Crippen LogP contribution is 2.24. The van der Waals surface area contributed by atoms with Gasteiger partial charge in [0.25, 0.3) is 0 Å². The molecule has 9 heteroatoms. The molecule has 0 saturated heterocycles. The van der Waals surface area contributed by atoms with E-state index < -0.39 is 6.55 Å². The molecule has 0 atom stereocenters. The quantitative estimate of drug-likeness (QED) is 0.310. The summed E-state index contributed by atoms with van der Waals surface area (Å²) in [6.45, 7) is 2.45. The van der Waals surface area contributed by atoms with Crippen LogP contribution in [0.25, 0.3) is 11.0 Å². The molecule has 2 N–H and O–H groups in total. The Balaban J connectivity index is 0.00000261. The molecule has 27 heavy (non-hydrogen) atoms. The SMILES string of the molecule is CCNC(=NCc1nccn1C(F)F)NCc1oc2ccccc2c1C.I. The number of alkyl halides is 2. The molecule has 1 aromatic carbocycles. The van der Waals surface area contributed by atoms with Crippen LogP contribution >= 0.6 is 24.0 Å². The number of para-hydroxylation sites is 1. The topological polar surface area (TPSA) is 67.4 Å². The van der Waals surface area contributed by atoms with E-state index >= 15 is 0 Å². The van der Waals surface area contributed by atoms with E-state index in [1.165, 1.54) is 12.4 Å². The molecule has 0 aliphatic heterocycles. The molecule has 3 aromatic rings. The molecule has 0 fully saturated rings. The second-order valence-electron chi connectivity index (χ2n) is 5.72. The normalized spacial score (nSPS) is 11.7. The van der Waals surface area contributed by atoms with Gasteiger partial charge in [-0.15, -0.1) is 24.0 Å². The molecule has 2 heterocycles. The number of guanidine groups is 1. The minimum Gasteiger partial charge on any atom is -0.459 e. The van der Waals surface area contributed by atoms with Crippen LogP contribution in [0.15, 0.2) is 46.1 Å². The molecule has 0 unspecified atom stereocenters. The first kappa shape index (κ1) is 21.1. The molecule has 0 spiro atoms. The molecule has 0 radical (unpaired) electrons. The second-order valence-corrected chi connectivity index (χ2v) is 5.72. The number of aliphatic imine (C=N–C) groups is 1. The molecule has 0 bridgehead atoms. The third-order valence-corrected chi connectivity index (χ3v) is 4.04. The number of nitrogens with one attached hydrogen (secondary N) is 2. The van der Waals surface area contributed by atoms with E-state index in [1.807, 2.05) is 38.1 Å². The molecule has 0 amide bonds. The van der Waals surface area contributed by atoms with Crippen molar-refractivity contribution in [3.8, 4) is 0 Å². The van der Waals surface area contributed by atoms with Crippen molar-refractivity contribution in [3.05, 3.63) is 53.8 Å². The van der Waals surface area contributed by atoms with Crippen LogP contribution in [0.5, 0.6) is 0 Å². The summed E-state index contributed by atoms with van der Waals surface area (Å²) < 4.78 is 32.4. The number of aromatic nitrogens is 2. The maximum absolute atomic E-state index is 12.9. The fourth-order valence-electron chi connectivity index (χ4n) is 2.69. The summed E-state index contributed by atoms with van der Waals surface area (Å²) in [5.41, 5.74) is 1.90. The Morgan fingerprint density at radius 2 is 2.07 bits per heavy atom. The van der Waals surface area contributed by atoms with Gasteiger partial charge in [0, 0.05) is 29.9 Å². The monoisotopic (exact) mass is 489 g/mol. The van der Waals surface area contributed by atoms with Crippen molar-refractivity contribution in [2.24, 2.45) is 4.99 Å². The largest absolute Gasteiger partial charge is 0.459 e. The molecule has 0 aliphatic rings. The van der Waals surface area contributed by atoms with Gasteiger partial charge in [-0.25, -0.2) is 9.98 Å². The van der Waals surface area contributed by atoms with E-state index in [9.17, 15) is 8.78 Å². The fourth-order valence-corrected chi connectivity index (χ4v) is 2.69. The first-order valence-corrected chi connectivity index (χ1v) is 8.39. The molecule has 0 aliphatic carbocycles. The summed E-state index contributed by atoms with van der Waals surface area (Å²) in [7, 11) is 0. The van der Waals surface area contributed by atoms with Gasteiger partial charge in [0.2, 0.25) is 0 Å². The Kier molecular flexibility index (Phi) is 7.57. The Morgan fingerprint density at radius 1 is 1.30 bits per heavy atom. The van der Waals surface area contributed by atoms with Crippen LogP contribution in [-0.4, -0.2) is 22.1 Å². The first-order chi connectivity index (χ1) is 12.6. The lowest BCUT2D eigenvalue weighted by atomic mass is 10.1. The van der Waals surface area contributed by atoms with Gasteiger partial charge in [0.15, 0.2) is 5.96 Å². The number of hydrogen-bond donors (Lipinski definition) is 2. The minimum absolute atomic E-state index is 0. The molecule has 2 aromatic heterocycles. The summed E-state index contributed by atoms with van der Waals surface area (Å²) >= 11 is 0. The average molecular weight is 489 g/mol. The van der Waals surface area contributed by atoms with Crippen molar-refractivity contribution >= 4 is 40.9 Å². The molecule has 6 nitrogen and oxygen atoms in total. The van der Waals surface area contributed by atoms with Crippen molar-refractivity contribution < 1.29 is 13.2 Å². The number of aryl methyl sites for hydroxylation is 1. The predicted molar refractivity (Wildman–Crippen MR) is 112 cm³/mol. The highest BCUT2D eigenvalue weighted by atomic mass is 127. The van der Waals surface area contributed by atoms with Crippen molar-refractivity contribution in [2.75, 3.05) is 6.54 Å². The first-order valence-electron chi connectivity index (χ1n) is 8.39. The van der Waals surface area contributed by atoms with E-state index in [1.54, 1.807) is 0 Å². The summed E-state index contributed by atoms with van der Waals surface area (Å²) in [4.78, 5) is 8.27. The number of rotatable bonds is 6. The zero-order valence-corrected chi connectivity index (χ0v) is 17.4. The number of imidazole rings is 1. The van der Waals surface area contributed by atoms with Gasteiger partial charge in [-0.3, -0.25) is 4.57 Å². The Bertz CT molecular complexity index is 906. The zero-order chi connectivity index (χ0) is 18.5. The van der Waals surface area contributed by atoms with Crippen LogP contribution < -0.4 is 10.6 Å². The third-order valence-electron chi connectivity index (χ3n) is 4.04. The van der Waals surface area contributed by atoms with Crippen LogP contribution in [0, 0.1) is 6.92 Å². The zero-order valence-electron chi connectivity index (χ0n) is 15.1. The summed E-state index contributed by atoms with van der Waals surface area (Å²) in [6, 6.07) is 7.84. The summed E-state index contributed by atoms with van der Waals surface area (Å²) in [5.74, 6) is 1.53. The molecule has 146 valence electrons. The van der Waals surface area contributed by atoms with E-state index in [2.05, 4.69) is 20.6 Å². The number of furan rings is 1. The van der Waals surface area contributed by atoms with Crippen molar-refractivity contribution in [2.45, 2.75) is 33.5 Å². The van der Waals surface area contributed by atoms with Gasteiger partial charge in [-0.2, -0.15) is 8.78 Å². The van der Waals surface area contributed by atoms with Gasteiger partial charge in [0.1, 0.15) is 23.7 Å². The van der Waals surface area contributed by atoms with Gasteiger partial charge in [-0.05, 0) is 19.9 Å². The van der Waals surface area contributed by atoms with E-state index in [4.69, 9.17) is 4.42 Å². The van der Waals surface area contributed by atoms with Gasteiger partial charge < -0.3 is 15.1 Å². The third kappa shape index (κ3) is 4.96. The van der Waals surface area contributed by atoms with Crippen molar-refractivity contribution in [1.82, 2.24) is 20.2 Å². The maximum atomic E-state index is 12.9. The number of fused-ring (bicyclic) bond motifs is 1. The lowest BCUT2D eigenvalue weighted by Crippen LogP contribution is -2.36. The highest BCUT2D eigenvalue weighted by Gasteiger charge is 2.12. The maximum Gasteiger partial charge on any atom is 0.319 e. The van der Waals surface area contributed by atoms with Crippen LogP contribution in [-0.2, 0) is 13.1 Å². The van der Waals surface area contributed by atoms with Gasteiger partial charge in [-0.1, -0.05) is 18.2 Å². The van der Waals surface area contributed by atoms with Crippen LogP contribution in [0.3, 0.4) is 0 Å². The summed E-state index contributed by atoms with van der Waals surface area (Å²) in [6.07, 6.45) is 2.59. The lowest BCUT2D eigenvalue weighted by Gasteiger charge is -2.11. The highest BCUT2D eigenvalue weighted by molar-refractivity contribution is 14.0. The van der Waals surface area contributed by atoms with Crippen molar-refractivity contribution in [1.29, 1.82) is 0 Å².